The Morgan fingerprint density at radius 2 is 1.03 bits per heavy atom. The fourth-order valence-electron chi connectivity index (χ4n) is 11.4. The number of H-pyrrole nitrogens is 2. The third kappa shape index (κ3) is 9.65. The van der Waals surface area contributed by atoms with Crippen LogP contribution in [0.15, 0.2) is 233 Å². The summed E-state index contributed by atoms with van der Waals surface area (Å²) in [4.78, 5) is 65.0. The highest BCUT2D eigenvalue weighted by atomic mass is 16.5. The number of aliphatic imine (C=N–C) groups is 1. The molecule has 0 radical (unpaired) electrons. The third-order valence-corrected chi connectivity index (χ3v) is 15.7. The predicted molar refractivity (Wildman–Crippen MR) is 345 cm³/mol. The van der Waals surface area contributed by atoms with Crippen LogP contribution < -0.4 is 30.7 Å². The van der Waals surface area contributed by atoms with Crippen molar-refractivity contribution in [2.24, 2.45) is 15.2 Å². The van der Waals surface area contributed by atoms with Gasteiger partial charge in [-0.15, -0.1) is 5.11 Å². The lowest BCUT2D eigenvalue weighted by Crippen LogP contribution is -2.30. The molecule has 11 aromatic carbocycles. The Hall–Kier alpha value is -12.4. The van der Waals surface area contributed by atoms with Gasteiger partial charge < -0.3 is 50.9 Å². The molecule has 2 aromatic heterocycles. The molecule has 17 nitrogen and oxygen atoms in total. The minimum Gasteiger partial charge on any atom is -0.507 e. The summed E-state index contributed by atoms with van der Waals surface area (Å²) in [6.45, 7) is 0. The van der Waals surface area contributed by atoms with E-state index >= 15 is 0 Å². The number of fused-ring (bicyclic) bond motifs is 12. The molecule has 0 atom stereocenters. The van der Waals surface area contributed by atoms with E-state index in [4.69, 9.17) is 14.5 Å². The number of nitrogens with one attached hydrogen (secondary N) is 6. The number of aromatic amines is 2. The van der Waals surface area contributed by atoms with Gasteiger partial charge in [0.15, 0.2) is 5.75 Å². The number of methoxy groups -OCH3 is 2. The first-order valence-corrected chi connectivity index (χ1v) is 27.9. The zero-order valence-corrected chi connectivity index (χ0v) is 46.9. The zero-order chi connectivity index (χ0) is 60.2. The van der Waals surface area contributed by atoms with Crippen molar-refractivity contribution >= 4 is 134 Å². The number of rotatable bonds is 9. The maximum absolute atomic E-state index is 13.7. The Bertz CT molecular complexity index is 5160. The number of hydrogen-bond acceptors (Lipinski definition) is 11. The van der Waals surface area contributed by atoms with Gasteiger partial charge in [0.05, 0.1) is 59.1 Å². The molecule has 0 bridgehead atoms. The normalized spacial score (nSPS) is 14.0. The smallest absolute Gasteiger partial charge is 0.261 e. The number of anilines is 3. The van der Waals surface area contributed by atoms with Crippen LogP contribution >= 0.6 is 0 Å². The van der Waals surface area contributed by atoms with Crippen molar-refractivity contribution in [1.29, 1.82) is 0 Å². The molecule has 426 valence electrons. The van der Waals surface area contributed by atoms with Crippen molar-refractivity contribution in [3.8, 4) is 23.0 Å². The number of aromatic hydroxyl groups is 2. The van der Waals surface area contributed by atoms with E-state index in [1.165, 1.54) is 0 Å². The van der Waals surface area contributed by atoms with Crippen molar-refractivity contribution < 1.29 is 38.9 Å². The number of azo groups is 1. The Labute approximate surface area is 500 Å². The highest BCUT2D eigenvalue weighted by molar-refractivity contribution is 6.38. The maximum atomic E-state index is 13.7. The van der Waals surface area contributed by atoms with Crippen LogP contribution in [-0.2, 0) is 4.79 Å². The maximum Gasteiger partial charge on any atom is 0.261 e. The summed E-state index contributed by atoms with van der Waals surface area (Å²) in [6, 6.07) is 64.2. The Balaban J connectivity index is 0.000000196. The topological polar surface area (TPSA) is 244 Å². The summed E-state index contributed by atoms with van der Waals surface area (Å²) in [5, 5.41) is 50.4. The third-order valence-electron chi connectivity index (χ3n) is 15.7. The molecule has 2 aliphatic heterocycles. The highest BCUT2D eigenvalue weighted by Crippen LogP contribution is 2.45. The second-order valence-electron chi connectivity index (χ2n) is 20.9. The van der Waals surface area contributed by atoms with Gasteiger partial charge in [-0.3, -0.25) is 19.2 Å². The molecule has 4 heterocycles. The quantitative estimate of drug-likeness (QED) is 0.0389. The molecule has 15 rings (SSSR count). The lowest BCUT2D eigenvalue weighted by atomic mass is 9.93. The summed E-state index contributed by atoms with van der Waals surface area (Å²) in [5.41, 5.74) is 8.92. The number of para-hydroxylation sites is 3. The number of carbonyl (C=O) groups is 4. The lowest BCUT2D eigenvalue weighted by Gasteiger charge is -2.19. The zero-order valence-electron chi connectivity index (χ0n) is 46.9. The average Bonchev–Trinajstić information content (AvgIpc) is 2.35. The molecule has 13 aromatic rings. The first-order valence-electron chi connectivity index (χ1n) is 27.9. The number of amides is 3. The van der Waals surface area contributed by atoms with Crippen LogP contribution in [0.25, 0.3) is 70.9 Å². The molecule has 0 saturated carbocycles. The van der Waals surface area contributed by atoms with Crippen molar-refractivity contribution in [2.75, 3.05) is 30.2 Å². The Morgan fingerprint density at radius 1 is 0.489 bits per heavy atom. The van der Waals surface area contributed by atoms with Gasteiger partial charge in [0.2, 0.25) is 5.78 Å². The van der Waals surface area contributed by atoms with Crippen molar-refractivity contribution in [3.05, 3.63) is 246 Å². The van der Waals surface area contributed by atoms with Gasteiger partial charge in [-0.1, -0.05) is 97.1 Å². The SMILES string of the molecule is COc1ccc(NC(=O)c2cc3ccc4c5ccccc5[nH]c4c3c(N=Nc3ccc(N=C4N/C(=C5/C(=O)Nc6ccccc6C5=O)c5ccccc54)cc3)c2O)cc1.COc1ccc(NC(=O)c2cc3ccc4c5ccccc5[nH]c4c3cc2O)cc1. The van der Waals surface area contributed by atoms with E-state index in [2.05, 4.69) is 47.5 Å². The number of nitrogens with zero attached hydrogens (tertiary/aromatic N) is 3. The summed E-state index contributed by atoms with van der Waals surface area (Å²) in [6.07, 6.45) is 0. The number of phenolic OH excluding ortho intramolecular Hbond substituents is 2. The molecule has 0 fully saturated rings. The number of amidine groups is 1. The molecular formula is C71H49N9O8. The summed E-state index contributed by atoms with van der Waals surface area (Å²) in [7, 11) is 3.15. The summed E-state index contributed by atoms with van der Waals surface area (Å²) in [5.74, 6) is -0.319. The van der Waals surface area contributed by atoms with E-state index < -0.39 is 11.8 Å². The molecular weight excluding hydrogens is 1110 g/mol. The minimum atomic E-state index is -0.523. The second kappa shape index (κ2) is 22.0. The lowest BCUT2D eigenvalue weighted by molar-refractivity contribution is -0.112. The number of hydrogen-bond donors (Lipinski definition) is 8. The first kappa shape index (κ1) is 53.6. The fraction of sp³-hybridized carbons (Fsp3) is 0.0282. The van der Waals surface area contributed by atoms with E-state index in [9.17, 15) is 29.4 Å². The van der Waals surface area contributed by atoms with Gasteiger partial charge in [0, 0.05) is 71.4 Å². The van der Waals surface area contributed by atoms with Crippen molar-refractivity contribution in [2.45, 2.75) is 0 Å². The van der Waals surface area contributed by atoms with Crippen molar-refractivity contribution in [3.63, 3.8) is 0 Å². The number of ether oxygens (including phenoxy) is 2. The molecule has 8 N–H and O–H groups in total. The van der Waals surface area contributed by atoms with Gasteiger partial charge in [0.1, 0.15) is 34.3 Å². The van der Waals surface area contributed by atoms with Gasteiger partial charge in [0.25, 0.3) is 17.7 Å². The molecule has 0 unspecified atom stereocenters. The van der Waals surface area contributed by atoms with Crippen LogP contribution in [0.2, 0.25) is 0 Å². The molecule has 17 heteroatoms. The van der Waals surface area contributed by atoms with Gasteiger partial charge in [-0.05, 0) is 126 Å². The van der Waals surface area contributed by atoms with Gasteiger partial charge in [-0.25, -0.2) is 4.99 Å². The van der Waals surface area contributed by atoms with Crippen LogP contribution in [0, 0.1) is 0 Å². The van der Waals surface area contributed by atoms with Crippen LogP contribution in [0.3, 0.4) is 0 Å². The number of benzene rings is 11. The molecule has 0 aliphatic carbocycles. The van der Waals surface area contributed by atoms with E-state index in [1.807, 2.05) is 91.0 Å². The van der Waals surface area contributed by atoms with Crippen LogP contribution in [0.5, 0.6) is 23.0 Å². The number of ketones is 1. The van der Waals surface area contributed by atoms with Gasteiger partial charge >= 0.3 is 0 Å². The van der Waals surface area contributed by atoms with E-state index in [0.717, 1.165) is 59.9 Å². The molecule has 88 heavy (non-hydrogen) atoms. The second-order valence-corrected chi connectivity index (χ2v) is 20.9. The average molecular weight is 1160 g/mol. The highest BCUT2D eigenvalue weighted by Gasteiger charge is 2.36. The standard InChI is InChI=1S/C47H31N7O5.C24H18N2O3/c1-59-29-21-19-27(20-22-29)49-46(57)35-24-25-14-23-32-30-8-4-6-12-36(30)50-40(32)38(25)42(44(35)56)54-53-28-17-15-26(16-18-28)48-45-33-10-3-2-9-31(33)41(52-45)39-43(55)34-11-5-7-13-37(34)51-47(39)58;1-29-16-9-7-15(8-10-16)25-24(28)20-12-14-6-11-18-17-4-2-3-5-21(17)26-23(18)19(14)13-22(20)27/h2-24,50,56H,1H3,(H,48,52)(H,49,57)(H,51,58);2-13,26-27H,1H3,(H,25,28)/b41-39+,54-53?;. The number of phenols is 2. The summed E-state index contributed by atoms with van der Waals surface area (Å²) >= 11 is 0. The molecule has 0 saturated heterocycles. The van der Waals surface area contributed by atoms with Gasteiger partial charge in [-0.2, -0.15) is 5.11 Å². The Kier molecular flexibility index (Phi) is 13.4. The van der Waals surface area contributed by atoms with E-state index in [1.54, 1.807) is 129 Å². The number of aromatic nitrogens is 2. The Morgan fingerprint density at radius 3 is 1.69 bits per heavy atom. The molecule has 3 amide bonds. The van der Waals surface area contributed by atoms with Crippen LogP contribution in [0.1, 0.15) is 42.2 Å². The first-order chi connectivity index (χ1) is 43.0. The van der Waals surface area contributed by atoms with Crippen LogP contribution in [-0.4, -0.2) is 63.7 Å². The monoisotopic (exact) mass is 1160 g/mol. The fourth-order valence-corrected chi connectivity index (χ4v) is 11.4. The number of carbonyl (C=O) groups excluding carboxylic acids is 4. The summed E-state index contributed by atoms with van der Waals surface area (Å²) < 4.78 is 10.4. The number of Topliss-reactive ketones (excluding diaryl/α,β-unsaturated/α-hetero) is 1. The minimum absolute atomic E-state index is 0.0138. The van der Waals surface area contributed by atoms with Crippen LogP contribution in [0.4, 0.5) is 34.1 Å². The molecule has 2 aliphatic rings. The predicted octanol–water partition coefficient (Wildman–Crippen LogP) is 15.5. The van der Waals surface area contributed by atoms with E-state index in [0.29, 0.717) is 73.4 Å². The largest absolute Gasteiger partial charge is 0.507 e. The van der Waals surface area contributed by atoms with E-state index in [-0.39, 0.29) is 45.6 Å². The molecule has 0 spiro atoms. The van der Waals surface area contributed by atoms with Crippen molar-refractivity contribution in [1.82, 2.24) is 15.3 Å².